The van der Waals surface area contributed by atoms with Crippen molar-refractivity contribution in [3.8, 4) is 0 Å². The minimum absolute atomic E-state index is 0.153. The predicted octanol–water partition coefficient (Wildman–Crippen LogP) is 4.04. The van der Waals surface area contributed by atoms with Crippen molar-refractivity contribution in [1.82, 2.24) is 9.97 Å². The van der Waals surface area contributed by atoms with Gasteiger partial charge in [0, 0.05) is 57.3 Å². The van der Waals surface area contributed by atoms with E-state index in [2.05, 4.69) is 32.9 Å². The molecule has 150 valence electrons. The topological polar surface area (TPSA) is 35.5 Å². The Kier molecular flexibility index (Phi) is 4.49. The number of rotatable bonds is 4. The monoisotopic (exact) mass is 391 g/mol. The van der Waals surface area contributed by atoms with Crippen LogP contribution in [0.15, 0.2) is 42.5 Å². The lowest BCUT2D eigenvalue weighted by atomic mass is 10.1. The molecule has 0 amide bonds. The number of piperazine rings is 1. The molecule has 0 atom stereocenters. The molecule has 0 N–H and O–H groups in total. The first-order valence-corrected chi connectivity index (χ1v) is 10.3. The highest BCUT2D eigenvalue weighted by Crippen LogP contribution is 2.40. The lowest BCUT2D eigenvalue weighted by Gasteiger charge is -2.37. The van der Waals surface area contributed by atoms with Crippen molar-refractivity contribution in [2.75, 3.05) is 55.0 Å². The number of anilines is 3. The first kappa shape index (κ1) is 18.2. The normalized spacial score (nSPS) is 17.1. The fourth-order valence-electron chi connectivity index (χ4n) is 4.03. The summed E-state index contributed by atoms with van der Waals surface area (Å²) in [6.45, 7) is 3.19. The third-order valence-corrected chi connectivity index (χ3v) is 5.91. The molecular weight excluding hydrogens is 365 g/mol. The van der Waals surface area contributed by atoms with E-state index in [1.807, 2.05) is 26.2 Å². The van der Waals surface area contributed by atoms with Crippen molar-refractivity contribution >= 4 is 28.1 Å². The Labute approximate surface area is 170 Å². The maximum absolute atomic E-state index is 14.2. The molecule has 3 aromatic rings. The summed E-state index contributed by atoms with van der Waals surface area (Å²) in [7, 11) is 4.10. The molecule has 1 saturated heterocycles. The molecule has 0 radical (unpaired) electrons. The molecule has 6 heteroatoms. The van der Waals surface area contributed by atoms with Crippen LogP contribution in [0.5, 0.6) is 0 Å². The average molecular weight is 391 g/mol. The highest BCUT2D eigenvalue weighted by Gasteiger charge is 2.29. The third kappa shape index (κ3) is 3.48. The zero-order valence-corrected chi connectivity index (χ0v) is 17.0. The van der Waals surface area contributed by atoms with Gasteiger partial charge in [0.15, 0.2) is 0 Å². The van der Waals surface area contributed by atoms with Gasteiger partial charge in [-0.05, 0) is 43.2 Å². The Balaban J connectivity index is 1.47. The molecule has 5 nitrogen and oxygen atoms in total. The van der Waals surface area contributed by atoms with Crippen LogP contribution in [0.3, 0.4) is 0 Å². The number of para-hydroxylation sites is 1. The third-order valence-electron chi connectivity index (χ3n) is 5.91. The summed E-state index contributed by atoms with van der Waals surface area (Å²) in [6.07, 6.45) is 2.36. The standard InChI is InChI=1S/C23H26FN5/c1-27(2)17-9-10-20-18(15-17)23(26-22(25-20)16-7-8-16)29-13-11-28(12-14-29)21-6-4-3-5-19(21)24/h3-6,9-10,15-16H,7-8,11-14H2,1-2H3. The maximum Gasteiger partial charge on any atom is 0.146 e. The van der Waals surface area contributed by atoms with Crippen LogP contribution < -0.4 is 14.7 Å². The predicted molar refractivity (Wildman–Crippen MR) is 117 cm³/mol. The lowest BCUT2D eigenvalue weighted by molar-refractivity contribution is 0.596. The van der Waals surface area contributed by atoms with E-state index in [0.29, 0.717) is 11.6 Å². The van der Waals surface area contributed by atoms with E-state index in [1.165, 1.54) is 18.9 Å². The Morgan fingerprint density at radius 2 is 1.66 bits per heavy atom. The maximum atomic E-state index is 14.2. The number of benzene rings is 2. The summed E-state index contributed by atoms with van der Waals surface area (Å²) in [5, 5.41) is 1.10. The minimum atomic E-state index is -0.153. The SMILES string of the molecule is CN(C)c1ccc2nc(C3CC3)nc(N3CCN(c4ccccc4F)CC3)c2c1. The quantitative estimate of drug-likeness (QED) is 0.671. The zero-order valence-electron chi connectivity index (χ0n) is 17.0. The van der Waals surface area contributed by atoms with Crippen molar-refractivity contribution in [2.24, 2.45) is 0 Å². The Bertz CT molecular complexity index is 1040. The Morgan fingerprint density at radius 1 is 0.931 bits per heavy atom. The van der Waals surface area contributed by atoms with Gasteiger partial charge in [-0.3, -0.25) is 0 Å². The minimum Gasteiger partial charge on any atom is -0.378 e. The highest BCUT2D eigenvalue weighted by atomic mass is 19.1. The molecule has 0 unspecified atom stereocenters. The van der Waals surface area contributed by atoms with Crippen LogP contribution in [0.25, 0.3) is 10.9 Å². The lowest BCUT2D eigenvalue weighted by Crippen LogP contribution is -2.47. The number of nitrogens with zero attached hydrogens (tertiary/aromatic N) is 5. The molecule has 2 aromatic carbocycles. The summed E-state index contributed by atoms with van der Waals surface area (Å²) < 4.78 is 14.2. The van der Waals surface area contributed by atoms with Crippen LogP contribution in [-0.2, 0) is 0 Å². The molecule has 5 rings (SSSR count). The van der Waals surface area contributed by atoms with Gasteiger partial charge in [-0.1, -0.05) is 12.1 Å². The summed E-state index contributed by atoms with van der Waals surface area (Å²) in [5.41, 5.74) is 2.85. The van der Waals surface area contributed by atoms with E-state index in [0.717, 1.165) is 54.4 Å². The van der Waals surface area contributed by atoms with Gasteiger partial charge in [0.1, 0.15) is 17.5 Å². The van der Waals surface area contributed by atoms with Gasteiger partial charge < -0.3 is 14.7 Å². The number of halogens is 1. The molecule has 2 aliphatic rings. The summed E-state index contributed by atoms with van der Waals surface area (Å²) in [6, 6.07) is 13.4. The second kappa shape index (κ2) is 7.17. The van der Waals surface area contributed by atoms with Crippen molar-refractivity contribution in [3.05, 3.63) is 54.1 Å². The smallest absolute Gasteiger partial charge is 0.146 e. The van der Waals surface area contributed by atoms with Gasteiger partial charge in [-0.2, -0.15) is 0 Å². The molecule has 1 aliphatic carbocycles. The first-order chi connectivity index (χ1) is 14.1. The second-order valence-electron chi connectivity index (χ2n) is 8.20. The second-order valence-corrected chi connectivity index (χ2v) is 8.20. The van der Waals surface area contributed by atoms with Crippen LogP contribution >= 0.6 is 0 Å². The molecule has 0 bridgehead atoms. The molecule has 1 aliphatic heterocycles. The average Bonchev–Trinajstić information content (AvgIpc) is 3.58. The number of hydrogen-bond donors (Lipinski definition) is 0. The Morgan fingerprint density at radius 3 is 2.34 bits per heavy atom. The van der Waals surface area contributed by atoms with Crippen LogP contribution in [0.1, 0.15) is 24.6 Å². The van der Waals surface area contributed by atoms with Crippen molar-refractivity contribution < 1.29 is 4.39 Å². The zero-order chi connectivity index (χ0) is 20.0. The largest absolute Gasteiger partial charge is 0.378 e. The fraction of sp³-hybridized carbons (Fsp3) is 0.391. The van der Waals surface area contributed by atoms with Crippen molar-refractivity contribution in [1.29, 1.82) is 0 Å². The van der Waals surface area contributed by atoms with E-state index in [-0.39, 0.29) is 5.82 Å². The molecule has 29 heavy (non-hydrogen) atoms. The molecule has 0 spiro atoms. The van der Waals surface area contributed by atoms with E-state index in [1.54, 1.807) is 6.07 Å². The van der Waals surface area contributed by atoms with E-state index in [9.17, 15) is 4.39 Å². The van der Waals surface area contributed by atoms with Crippen LogP contribution in [0, 0.1) is 5.82 Å². The van der Waals surface area contributed by atoms with Crippen molar-refractivity contribution in [2.45, 2.75) is 18.8 Å². The summed E-state index contributed by atoms with van der Waals surface area (Å²) in [5.74, 6) is 2.35. The molecule has 1 aromatic heterocycles. The van der Waals surface area contributed by atoms with Crippen LogP contribution in [-0.4, -0.2) is 50.2 Å². The number of aromatic nitrogens is 2. The van der Waals surface area contributed by atoms with Gasteiger partial charge in [0.25, 0.3) is 0 Å². The van der Waals surface area contributed by atoms with Gasteiger partial charge in [-0.15, -0.1) is 0 Å². The summed E-state index contributed by atoms with van der Waals surface area (Å²) in [4.78, 5) is 16.4. The molecule has 2 heterocycles. The summed E-state index contributed by atoms with van der Waals surface area (Å²) >= 11 is 0. The number of fused-ring (bicyclic) bond motifs is 1. The van der Waals surface area contributed by atoms with Gasteiger partial charge in [-0.25, -0.2) is 14.4 Å². The van der Waals surface area contributed by atoms with Gasteiger partial charge in [0.2, 0.25) is 0 Å². The van der Waals surface area contributed by atoms with E-state index < -0.39 is 0 Å². The molecule has 1 saturated carbocycles. The van der Waals surface area contributed by atoms with Crippen LogP contribution in [0.4, 0.5) is 21.6 Å². The van der Waals surface area contributed by atoms with E-state index >= 15 is 0 Å². The van der Waals surface area contributed by atoms with Gasteiger partial charge in [0.05, 0.1) is 11.2 Å². The van der Waals surface area contributed by atoms with Crippen molar-refractivity contribution in [3.63, 3.8) is 0 Å². The highest BCUT2D eigenvalue weighted by molar-refractivity contribution is 5.92. The number of hydrogen-bond acceptors (Lipinski definition) is 5. The molecule has 2 fully saturated rings. The fourth-order valence-corrected chi connectivity index (χ4v) is 4.03. The molecular formula is C23H26FN5. The Hall–Kier alpha value is -2.89. The van der Waals surface area contributed by atoms with E-state index in [4.69, 9.17) is 9.97 Å². The van der Waals surface area contributed by atoms with Crippen LogP contribution in [0.2, 0.25) is 0 Å². The van der Waals surface area contributed by atoms with Gasteiger partial charge >= 0.3 is 0 Å². The first-order valence-electron chi connectivity index (χ1n) is 10.3.